The van der Waals surface area contributed by atoms with Gasteiger partial charge in [-0.05, 0) is 37.1 Å². The van der Waals surface area contributed by atoms with Gasteiger partial charge in [-0.15, -0.1) is 0 Å². The van der Waals surface area contributed by atoms with Crippen molar-refractivity contribution in [1.29, 1.82) is 5.26 Å². The number of aromatic nitrogens is 1. The van der Waals surface area contributed by atoms with Gasteiger partial charge in [0, 0.05) is 24.6 Å². The van der Waals surface area contributed by atoms with Gasteiger partial charge in [0.1, 0.15) is 0 Å². The van der Waals surface area contributed by atoms with Crippen molar-refractivity contribution in [2.45, 2.75) is 38.5 Å². The summed E-state index contributed by atoms with van der Waals surface area (Å²) in [6.45, 7) is 1.19. The minimum absolute atomic E-state index is 0.313. The van der Waals surface area contributed by atoms with Crippen LogP contribution in [0.5, 0.6) is 5.75 Å². The number of pyridine rings is 1. The summed E-state index contributed by atoms with van der Waals surface area (Å²) in [5.74, 6) is 0.452. The molecule has 0 aliphatic rings. The Kier molecular flexibility index (Phi) is 9.90. The minimum atomic E-state index is -0.313. The second kappa shape index (κ2) is 13.1. The number of aliphatic imine (C=N–C) groups is 1. The molecule has 0 bridgehead atoms. The van der Waals surface area contributed by atoms with Gasteiger partial charge < -0.3 is 10.1 Å². The van der Waals surface area contributed by atoms with Crippen LogP contribution in [0.25, 0.3) is 0 Å². The summed E-state index contributed by atoms with van der Waals surface area (Å²) in [4.78, 5) is 8.34. The first-order valence-corrected chi connectivity index (χ1v) is 9.53. The molecule has 2 rings (SSSR count). The number of hydrogen-bond acceptors (Lipinski definition) is 4. The Morgan fingerprint density at radius 3 is 2.50 bits per heavy atom. The SMILES string of the molecule is N#CNC(=NCCCCCCCCOc1ccccc1F)Nc1ccncc1. The van der Waals surface area contributed by atoms with E-state index >= 15 is 0 Å². The van der Waals surface area contributed by atoms with Crippen LogP contribution in [0.15, 0.2) is 53.8 Å². The Hall–Kier alpha value is -3.14. The third kappa shape index (κ3) is 8.49. The van der Waals surface area contributed by atoms with Crippen LogP contribution in [0.4, 0.5) is 10.1 Å². The average molecular weight is 383 g/mol. The first kappa shape index (κ1) is 21.2. The predicted octanol–water partition coefficient (Wildman–Crippen LogP) is 4.48. The highest BCUT2D eigenvalue weighted by Crippen LogP contribution is 2.16. The lowest BCUT2D eigenvalue weighted by Gasteiger charge is -2.08. The van der Waals surface area contributed by atoms with Gasteiger partial charge in [-0.2, -0.15) is 5.26 Å². The first-order valence-electron chi connectivity index (χ1n) is 9.53. The molecular formula is C21H26FN5O. The maximum Gasteiger partial charge on any atom is 0.209 e. The molecule has 148 valence electrons. The summed E-state index contributed by atoms with van der Waals surface area (Å²) in [5, 5.41) is 14.4. The van der Waals surface area contributed by atoms with Crippen LogP contribution in [0.1, 0.15) is 38.5 Å². The molecule has 0 spiro atoms. The summed E-state index contributed by atoms with van der Waals surface area (Å²) < 4.78 is 18.8. The zero-order valence-corrected chi connectivity index (χ0v) is 15.9. The predicted molar refractivity (Wildman–Crippen MR) is 109 cm³/mol. The van der Waals surface area contributed by atoms with E-state index in [1.807, 2.05) is 18.3 Å². The standard InChI is InChI=1S/C21H26FN5O/c22-19-9-5-6-10-20(19)28-16-8-4-2-1-3-7-13-25-21(26-17-23)27-18-11-14-24-15-12-18/h5-6,9-12,14-15H,1-4,7-8,13,16H2,(H2,24,25,26,27). The largest absolute Gasteiger partial charge is 0.491 e. The highest BCUT2D eigenvalue weighted by molar-refractivity contribution is 5.94. The van der Waals surface area contributed by atoms with Gasteiger partial charge in [0.2, 0.25) is 5.96 Å². The van der Waals surface area contributed by atoms with E-state index in [1.165, 1.54) is 6.07 Å². The molecular weight excluding hydrogens is 357 g/mol. The molecule has 7 heteroatoms. The number of nitriles is 1. The van der Waals surface area contributed by atoms with E-state index in [2.05, 4.69) is 20.6 Å². The quantitative estimate of drug-likeness (QED) is 0.197. The third-order valence-electron chi connectivity index (χ3n) is 4.03. The van der Waals surface area contributed by atoms with Gasteiger partial charge in [-0.1, -0.05) is 37.8 Å². The Morgan fingerprint density at radius 1 is 1.04 bits per heavy atom. The summed E-state index contributed by atoms with van der Waals surface area (Å²) in [6.07, 6.45) is 11.5. The second-order valence-electron chi connectivity index (χ2n) is 6.23. The number of benzene rings is 1. The van der Waals surface area contributed by atoms with Gasteiger partial charge in [-0.3, -0.25) is 15.3 Å². The van der Waals surface area contributed by atoms with Crippen molar-refractivity contribution >= 4 is 11.6 Å². The van der Waals surface area contributed by atoms with E-state index in [-0.39, 0.29) is 5.82 Å². The lowest BCUT2D eigenvalue weighted by Crippen LogP contribution is -2.27. The molecule has 0 aliphatic carbocycles. The maximum absolute atomic E-state index is 13.4. The van der Waals surface area contributed by atoms with E-state index in [1.54, 1.807) is 30.6 Å². The number of nitrogens with zero attached hydrogens (tertiary/aromatic N) is 3. The molecule has 2 aromatic rings. The zero-order chi connectivity index (χ0) is 19.9. The number of halogens is 1. The number of nitrogens with one attached hydrogen (secondary N) is 2. The van der Waals surface area contributed by atoms with Crippen LogP contribution >= 0.6 is 0 Å². The molecule has 0 amide bonds. The van der Waals surface area contributed by atoms with Crippen LogP contribution in [-0.2, 0) is 0 Å². The van der Waals surface area contributed by atoms with E-state index in [0.29, 0.717) is 24.9 Å². The van der Waals surface area contributed by atoms with Crippen LogP contribution in [0.2, 0.25) is 0 Å². The second-order valence-corrected chi connectivity index (χ2v) is 6.23. The van der Waals surface area contributed by atoms with Gasteiger partial charge in [0.15, 0.2) is 17.8 Å². The van der Waals surface area contributed by atoms with Crippen molar-refractivity contribution in [3.05, 3.63) is 54.6 Å². The number of ether oxygens (including phenoxy) is 1. The van der Waals surface area contributed by atoms with E-state index < -0.39 is 0 Å². The number of para-hydroxylation sites is 1. The third-order valence-corrected chi connectivity index (χ3v) is 4.03. The zero-order valence-electron chi connectivity index (χ0n) is 15.9. The van der Waals surface area contributed by atoms with Crippen molar-refractivity contribution in [3.63, 3.8) is 0 Å². The Balaban J connectivity index is 1.52. The fraction of sp³-hybridized carbons (Fsp3) is 0.381. The molecule has 0 aliphatic heterocycles. The molecule has 0 fully saturated rings. The van der Waals surface area contributed by atoms with Crippen LogP contribution < -0.4 is 15.4 Å². The normalized spacial score (nSPS) is 10.9. The molecule has 1 heterocycles. The molecule has 28 heavy (non-hydrogen) atoms. The van der Waals surface area contributed by atoms with E-state index in [9.17, 15) is 4.39 Å². The number of hydrogen-bond donors (Lipinski definition) is 2. The lowest BCUT2D eigenvalue weighted by molar-refractivity contribution is 0.290. The fourth-order valence-electron chi connectivity index (χ4n) is 2.59. The highest BCUT2D eigenvalue weighted by Gasteiger charge is 2.01. The van der Waals surface area contributed by atoms with Gasteiger partial charge in [0.05, 0.1) is 6.61 Å². The Bertz CT molecular complexity index is 761. The van der Waals surface area contributed by atoms with Crippen LogP contribution in [-0.4, -0.2) is 24.1 Å². The lowest BCUT2D eigenvalue weighted by atomic mass is 10.1. The number of anilines is 1. The summed E-state index contributed by atoms with van der Waals surface area (Å²) in [5.41, 5.74) is 0.828. The van der Waals surface area contributed by atoms with Crippen LogP contribution in [0, 0.1) is 17.3 Å². The Morgan fingerprint density at radius 2 is 1.75 bits per heavy atom. The van der Waals surface area contributed by atoms with E-state index in [4.69, 9.17) is 10.00 Å². The summed E-state index contributed by atoms with van der Waals surface area (Å²) in [6, 6.07) is 10.1. The molecule has 1 aromatic heterocycles. The molecule has 0 unspecified atom stereocenters. The van der Waals surface area contributed by atoms with Gasteiger partial charge in [0.25, 0.3) is 0 Å². The smallest absolute Gasteiger partial charge is 0.209 e. The van der Waals surface area contributed by atoms with Crippen molar-refractivity contribution in [1.82, 2.24) is 10.3 Å². The highest BCUT2D eigenvalue weighted by atomic mass is 19.1. The minimum Gasteiger partial charge on any atom is -0.491 e. The van der Waals surface area contributed by atoms with Crippen LogP contribution in [0.3, 0.4) is 0 Å². The van der Waals surface area contributed by atoms with Gasteiger partial charge >= 0.3 is 0 Å². The molecule has 0 atom stereocenters. The summed E-state index contributed by atoms with van der Waals surface area (Å²) >= 11 is 0. The molecule has 0 saturated carbocycles. The molecule has 0 radical (unpaired) electrons. The van der Waals surface area contributed by atoms with Gasteiger partial charge in [-0.25, -0.2) is 4.39 Å². The van der Waals surface area contributed by atoms with Crippen molar-refractivity contribution in [2.75, 3.05) is 18.5 Å². The maximum atomic E-state index is 13.4. The number of unbranched alkanes of at least 4 members (excludes halogenated alkanes) is 5. The van der Waals surface area contributed by atoms with Crippen molar-refractivity contribution in [3.8, 4) is 11.9 Å². The Labute approximate surface area is 165 Å². The average Bonchev–Trinajstić information content (AvgIpc) is 2.71. The first-order chi connectivity index (χ1) is 13.8. The number of rotatable bonds is 11. The molecule has 1 aromatic carbocycles. The van der Waals surface area contributed by atoms with Crippen molar-refractivity contribution in [2.24, 2.45) is 4.99 Å². The topological polar surface area (TPSA) is 82.3 Å². The molecule has 6 nitrogen and oxygen atoms in total. The fourth-order valence-corrected chi connectivity index (χ4v) is 2.59. The number of guanidine groups is 1. The molecule has 0 saturated heterocycles. The summed E-state index contributed by atoms with van der Waals surface area (Å²) in [7, 11) is 0. The molecule has 2 N–H and O–H groups in total. The monoisotopic (exact) mass is 383 g/mol. The van der Waals surface area contributed by atoms with Crippen molar-refractivity contribution < 1.29 is 9.13 Å². The van der Waals surface area contributed by atoms with E-state index in [0.717, 1.165) is 44.2 Å².